The number of carbonyl (C=O) groups is 1. The Morgan fingerprint density at radius 2 is 1.68 bits per heavy atom. The van der Waals surface area contributed by atoms with Gasteiger partial charge in [0.1, 0.15) is 0 Å². The van der Waals surface area contributed by atoms with Gasteiger partial charge in [0.05, 0.1) is 29.7 Å². The molecule has 2 unspecified atom stereocenters. The van der Waals surface area contributed by atoms with Gasteiger partial charge < -0.3 is 10.1 Å². The van der Waals surface area contributed by atoms with Gasteiger partial charge in [-0.3, -0.25) is 9.52 Å². The molecule has 0 heterocycles. The van der Waals surface area contributed by atoms with Crippen LogP contribution in [0.4, 0.5) is 5.69 Å². The third kappa shape index (κ3) is 6.65. The van der Waals surface area contributed by atoms with Crippen LogP contribution in [0.2, 0.25) is 0 Å². The molecule has 0 aliphatic rings. The van der Waals surface area contributed by atoms with Crippen LogP contribution in [-0.4, -0.2) is 33.3 Å². The minimum absolute atomic E-state index is 0.0800. The highest BCUT2D eigenvalue weighted by Crippen LogP contribution is 2.19. The third-order valence-electron chi connectivity index (χ3n) is 4.19. The molecule has 2 N–H and O–H groups in total. The van der Waals surface area contributed by atoms with Gasteiger partial charge >= 0.3 is 0 Å². The quantitative estimate of drug-likeness (QED) is 0.634. The van der Waals surface area contributed by atoms with Crippen LogP contribution in [-0.2, 0) is 14.8 Å². The molecular formula is C21H28N2O4S. The van der Waals surface area contributed by atoms with Gasteiger partial charge in [-0.05, 0) is 37.5 Å². The topological polar surface area (TPSA) is 84.5 Å². The first-order valence-corrected chi connectivity index (χ1v) is 11.0. The summed E-state index contributed by atoms with van der Waals surface area (Å²) in [6.07, 6.45) is 0. The number of amides is 1. The second-order valence-corrected chi connectivity index (χ2v) is 8.57. The number of anilines is 1. The molecule has 0 fully saturated rings. The van der Waals surface area contributed by atoms with Crippen LogP contribution in [0.25, 0.3) is 0 Å². The lowest BCUT2D eigenvalue weighted by Crippen LogP contribution is -2.29. The van der Waals surface area contributed by atoms with Crippen LogP contribution < -0.4 is 10.0 Å². The van der Waals surface area contributed by atoms with E-state index in [0.717, 1.165) is 5.56 Å². The molecule has 0 aliphatic heterocycles. The van der Waals surface area contributed by atoms with E-state index in [-0.39, 0.29) is 34.9 Å². The molecule has 0 aliphatic carbocycles. The predicted octanol–water partition coefficient (Wildman–Crippen LogP) is 3.59. The Labute approximate surface area is 167 Å². The van der Waals surface area contributed by atoms with Crippen molar-refractivity contribution < 1.29 is 17.9 Å². The molecule has 0 bridgehead atoms. The van der Waals surface area contributed by atoms with Crippen molar-refractivity contribution in [3.63, 3.8) is 0 Å². The fraction of sp³-hybridized carbons (Fsp3) is 0.381. The number of hydrogen-bond donors (Lipinski definition) is 2. The zero-order valence-corrected chi connectivity index (χ0v) is 17.3. The number of carbonyl (C=O) groups excluding carboxylic acids is 1. The number of hydrogen-bond acceptors (Lipinski definition) is 4. The molecule has 7 heteroatoms. The van der Waals surface area contributed by atoms with Crippen LogP contribution in [0.3, 0.4) is 0 Å². The second-order valence-electron chi connectivity index (χ2n) is 6.80. The van der Waals surface area contributed by atoms with E-state index in [1.54, 1.807) is 24.3 Å². The van der Waals surface area contributed by atoms with Crippen molar-refractivity contribution in [1.82, 2.24) is 5.32 Å². The molecular weight excluding hydrogens is 376 g/mol. The van der Waals surface area contributed by atoms with Gasteiger partial charge in [0, 0.05) is 6.61 Å². The molecule has 0 aromatic heterocycles. The molecule has 0 spiro atoms. The monoisotopic (exact) mass is 404 g/mol. The van der Waals surface area contributed by atoms with Crippen LogP contribution in [0.1, 0.15) is 42.7 Å². The highest BCUT2D eigenvalue weighted by Gasteiger charge is 2.20. The van der Waals surface area contributed by atoms with E-state index < -0.39 is 10.0 Å². The number of benzene rings is 2. The van der Waals surface area contributed by atoms with Gasteiger partial charge in [0.2, 0.25) is 10.0 Å². The number of ether oxygens (including phenoxy) is 1. The molecule has 2 aromatic carbocycles. The summed E-state index contributed by atoms with van der Waals surface area (Å²) in [7, 11) is -3.61. The Morgan fingerprint density at radius 1 is 1.04 bits per heavy atom. The van der Waals surface area contributed by atoms with Crippen LogP contribution in [0, 0.1) is 5.92 Å². The van der Waals surface area contributed by atoms with Crippen LogP contribution in [0.15, 0.2) is 54.6 Å². The summed E-state index contributed by atoms with van der Waals surface area (Å²) in [4.78, 5) is 12.7. The molecule has 152 valence electrons. The lowest BCUT2D eigenvalue weighted by molar-refractivity contribution is 0.0941. The summed E-state index contributed by atoms with van der Waals surface area (Å²) >= 11 is 0. The van der Waals surface area contributed by atoms with E-state index in [1.807, 2.05) is 51.1 Å². The zero-order chi connectivity index (χ0) is 20.6. The van der Waals surface area contributed by atoms with E-state index in [1.165, 1.54) is 0 Å². The molecule has 0 radical (unpaired) electrons. The fourth-order valence-electron chi connectivity index (χ4n) is 2.82. The minimum Gasteiger partial charge on any atom is -0.381 e. The summed E-state index contributed by atoms with van der Waals surface area (Å²) in [5, 5.41) is 2.91. The minimum atomic E-state index is -3.61. The van der Waals surface area contributed by atoms with Crippen LogP contribution >= 0.6 is 0 Å². The van der Waals surface area contributed by atoms with Crippen molar-refractivity contribution >= 4 is 21.6 Å². The molecule has 0 saturated carbocycles. The summed E-state index contributed by atoms with van der Waals surface area (Å²) < 4.78 is 32.8. The maximum Gasteiger partial charge on any atom is 0.253 e. The standard InChI is InChI=1S/C21H28N2O4S/c1-4-27-14-16(2)15-28(25,26)23-20-13-9-8-12-19(20)21(24)22-17(3)18-10-6-5-7-11-18/h5-13,16-17,23H,4,14-15H2,1-3H3,(H,22,24). The van der Waals surface area contributed by atoms with E-state index in [2.05, 4.69) is 10.0 Å². The van der Waals surface area contributed by atoms with E-state index in [4.69, 9.17) is 4.74 Å². The lowest BCUT2D eigenvalue weighted by Gasteiger charge is -2.18. The lowest BCUT2D eigenvalue weighted by atomic mass is 10.1. The van der Waals surface area contributed by atoms with Crippen molar-refractivity contribution in [2.24, 2.45) is 5.92 Å². The fourth-order valence-corrected chi connectivity index (χ4v) is 4.26. The predicted molar refractivity (Wildman–Crippen MR) is 112 cm³/mol. The molecule has 2 rings (SSSR count). The first-order chi connectivity index (χ1) is 13.3. The average molecular weight is 405 g/mol. The number of sulfonamides is 1. The van der Waals surface area contributed by atoms with Crippen molar-refractivity contribution in [2.45, 2.75) is 26.8 Å². The zero-order valence-electron chi connectivity index (χ0n) is 16.5. The smallest absolute Gasteiger partial charge is 0.253 e. The molecule has 2 atom stereocenters. The number of rotatable bonds is 10. The van der Waals surface area contributed by atoms with Crippen molar-refractivity contribution in [1.29, 1.82) is 0 Å². The molecule has 2 aromatic rings. The average Bonchev–Trinajstić information content (AvgIpc) is 2.66. The Balaban J connectivity index is 2.10. The molecule has 0 saturated heterocycles. The Kier molecular flexibility index (Phi) is 8.02. The highest BCUT2D eigenvalue weighted by molar-refractivity contribution is 7.92. The van der Waals surface area contributed by atoms with Gasteiger partial charge in [-0.1, -0.05) is 49.4 Å². The van der Waals surface area contributed by atoms with E-state index in [0.29, 0.717) is 13.2 Å². The third-order valence-corrected chi connectivity index (χ3v) is 5.73. The van der Waals surface area contributed by atoms with E-state index in [9.17, 15) is 13.2 Å². The van der Waals surface area contributed by atoms with Gasteiger partial charge in [-0.2, -0.15) is 0 Å². The SMILES string of the molecule is CCOCC(C)CS(=O)(=O)Nc1ccccc1C(=O)NC(C)c1ccccc1. The van der Waals surface area contributed by atoms with Gasteiger partial charge in [-0.15, -0.1) is 0 Å². The first-order valence-electron chi connectivity index (χ1n) is 9.35. The number of para-hydroxylation sites is 1. The molecule has 6 nitrogen and oxygen atoms in total. The highest BCUT2D eigenvalue weighted by atomic mass is 32.2. The Morgan fingerprint density at radius 3 is 2.36 bits per heavy atom. The van der Waals surface area contributed by atoms with Crippen molar-refractivity contribution in [3.8, 4) is 0 Å². The molecule has 28 heavy (non-hydrogen) atoms. The second kappa shape index (κ2) is 10.2. The van der Waals surface area contributed by atoms with Gasteiger partial charge in [0.25, 0.3) is 5.91 Å². The van der Waals surface area contributed by atoms with Crippen LogP contribution in [0.5, 0.6) is 0 Å². The maximum atomic E-state index is 12.7. The summed E-state index contributed by atoms with van der Waals surface area (Å²) in [5.41, 5.74) is 1.52. The van der Waals surface area contributed by atoms with Crippen molar-refractivity contribution in [3.05, 3.63) is 65.7 Å². The maximum absolute atomic E-state index is 12.7. The van der Waals surface area contributed by atoms with Gasteiger partial charge in [0.15, 0.2) is 0 Å². The summed E-state index contributed by atoms with van der Waals surface area (Å²) in [6.45, 7) is 6.48. The van der Waals surface area contributed by atoms with E-state index >= 15 is 0 Å². The summed E-state index contributed by atoms with van der Waals surface area (Å²) in [6, 6.07) is 16.0. The Bertz CT molecular complexity index is 869. The van der Waals surface area contributed by atoms with Gasteiger partial charge in [-0.25, -0.2) is 8.42 Å². The summed E-state index contributed by atoms with van der Waals surface area (Å²) in [5.74, 6) is -0.572. The van der Waals surface area contributed by atoms with Crippen molar-refractivity contribution in [2.75, 3.05) is 23.7 Å². The normalized spacial score (nSPS) is 13.5. The Hall–Kier alpha value is -2.38. The first kappa shape index (κ1) is 21.9. The number of nitrogens with one attached hydrogen (secondary N) is 2. The largest absolute Gasteiger partial charge is 0.381 e. The molecule has 1 amide bonds.